The van der Waals surface area contributed by atoms with Crippen molar-refractivity contribution in [2.75, 3.05) is 5.33 Å². The van der Waals surface area contributed by atoms with Gasteiger partial charge in [-0.3, -0.25) is 0 Å². The molecule has 0 aromatic rings. The Kier molecular flexibility index (Phi) is 13.9. The van der Waals surface area contributed by atoms with Crippen molar-refractivity contribution in [3.8, 4) is 0 Å². The minimum atomic E-state index is 0.971. The van der Waals surface area contributed by atoms with E-state index in [0.717, 1.165) is 11.8 Å². The second-order valence-electron chi connectivity index (χ2n) is 3.89. The van der Waals surface area contributed by atoms with Crippen molar-refractivity contribution in [3.05, 3.63) is 24.3 Å². The van der Waals surface area contributed by atoms with E-state index in [2.05, 4.69) is 47.2 Å². The van der Waals surface area contributed by atoms with Gasteiger partial charge >= 0.3 is 0 Å². The van der Waals surface area contributed by atoms with Crippen LogP contribution in [0.1, 0.15) is 58.3 Å². The molecule has 0 amide bonds. The average Bonchev–Trinajstić information content (AvgIpc) is 2.26. The van der Waals surface area contributed by atoms with Crippen molar-refractivity contribution >= 4 is 15.9 Å². The van der Waals surface area contributed by atoms with E-state index >= 15 is 0 Å². The summed E-state index contributed by atoms with van der Waals surface area (Å²) in [6.45, 7) is 2.27. The van der Waals surface area contributed by atoms with Gasteiger partial charge in [-0.15, -0.1) is 0 Å². The van der Waals surface area contributed by atoms with Crippen molar-refractivity contribution in [3.63, 3.8) is 0 Å². The first-order valence-electron chi connectivity index (χ1n) is 6.27. The van der Waals surface area contributed by atoms with Gasteiger partial charge in [-0.1, -0.05) is 79.3 Å². The molecule has 0 spiro atoms. The molecule has 0 aliphatic rings. The van der Waals surface area contributed by atoms with E-state index < -0.39 is 0 Å². The Labute approximate surface area is 104 Å². The van der Waals surface area contributed by atoms with Crippen molar-refractivity contribution in [1.29, 1.82) is 0 Å². The fourth-order valence-corrected chi connectivity index (χ4v) is 1.76. The summed E-state index contributed by atoms with van der Waals surface area (Å²) < 4.78 is 0. The van der Waals surface area contributed by atoms with Crippen LogP contribution in [0.5, 0.6) is 0 Å². The lowest BCUT2D eigenvalue weighted by Gasteiger charge is -1.97. The highest BCUT2D eigenvalue weighted by atomic mass is 79.9. The number of halogens is 1. The topological polar surface area (TPSA) is 0 Å². The van der Waals surface area contributed by atoms with Gasteiger partial charge in [-0.25, -0.2) is 0 Å². The molecule has 0 saturated heterocycles. The largest absolute Gasteiger partial charge is 0.0883 e. The molecule has 0 radical (unpaired) electrons. The Morgan fingerprint density at radius 1 is 0.800 bits per heavy atom. The van der Waals surface area contributed by atoms with E-state index in [-0.39, 0.29) is 0 Å². The summed E-state index contributed by atoms with van der Waals surface area (Å²) in [5.74, 6) is 0. The number of rotatable bonds is 10. The second kappa shape index (κ2) is 14.0. The normalized spacial score (nSPS) is 11.9. The zero-order valence-electron chi connectivity index (χ0n) is 10.1. The molecule has 0 aromatic carbocycles. The van der Waals surface area contributed by atoms with Gasteiger partial charge in [0.2, 0.25) is 0 Å². The first kappa shape index (κ1) is 15.0. The van der Waals surface area contributed by atoms with Crippen LogP contribution < -0.4 is 0 Å². The maximum Gasteiger partial charge on any atom is 0.0212 e. The highest BCUT2D eigenvalue weighted by Gasteiger charge is 1.87. The molecule has 0 saturated carbocycles. The third kappa shape index (κ3) is 14.0. The summed E-state index contributed by atoms with van der Waals surface area (Å²) in [6.07, 6.45) is 19.7. The fraction of sp³-hybridized carbons (Fsp3) is 0.714. The summed E-state index contributed by atoms with van der Waals surface area (Å²) in [5, 5.41) is 0.971. The van der Waals surface area contributed by atoms with Gasteiger partial charge in [0.05, 0.1) is 0 Å². The summed E-state index contributed by atoms with van der Waals surface area (Å²) in [6, 6.07) is 0. The zero-order chi connectivity index (χ0) is 11.2. The lowest BCUT2D eigenvalue weighted by Crippen LogP contribution is -1.77. The molecule has 1 heteroatoms. The minimum Gasteiger partial charge on any atom is -0.0883 e. The Hall–Kier alpha value is -0.0400. The smallest absolute Gasteiger partial charge is 0.0212 e. The molecule has 0 aromatic heterocycles. The molecule has 0 heterocycles. The van der Waals surface area contributed by atoms with E-state index in [4.69, 9.17) is 0 Å². The van der Waals surface area contributed by atoms with Crippen LogP contribution in [-0.4, -0.2) is 5.33 Å². The molecular formula is C14H25Br. The SMILES string of the molecule is CCCCCCCCC=CCC=CCBr. The van der Waals surface area contributed by atoms with Gasteiger partial charge in [0.25, 0.3) is 0 Å². The van der Waals surface area contributed by atoms with Crippen molar-refractivity contribution in [2.24, 2.45) is 0 Å². The van der Waals surface area contributed by atoms with Crippen LogP contribution in [0.2, 0.25) is 0 Å². The summed E-state index contributed by atoms with van der Waals surface area (Å²) in [4.78, 5) is 0. The fourth-order valence-electron chi connectivity index (χ4n) is 1.49. The third-order valence-electron chi connectivity index (χ3n) is 2.42. The van der Waals surface area contributed by atoms with Crippen LogP contribution in [0, 0.1) is 0 Å². The quantitative estimate of drug-likeness (QED) is 0.275. The zero-order valence-corrected chi connectivity index (χ0v) is 11.6. The highest BCUT2D eigenvalue weighted by molar-refractivity contribution is 9.09. The van der Waals surface area contributed by atoms with Gasteiger partial charge in [0.15, 0.2) is 0 Å². The first-order valence-corrected chi connectivity index (χ1v) is 7.40. The van der Waals surface area contributed by atoms with Crippen molar-refractivity contribution < 1.29 is 0 Å². The highest BCUT2D eigenvalue weighted by Crippen LogP contribution is 2.07. The van der Waals surface area contributed by atoms with Gasteiger partial charge in [0, 0.05) is 5.33 Å². The summed E-state index contributed by atoms with van der Waals surface area (Å²) >= 11 is 3.36. The monoisotopic (exact) mass is 272 g/mol. The van der Waals surface area contributed by atoms with Crippen LogP contribution in [0.3, 0.4) is 0 Å². The molecule has 0 aliphatic carbocycles. The summed E-state index contributed by atoms with van der Waals surface area (Å²) in [5.41, 5.74) is 0. The van der Waals surface area contributed by atoms with Gasteiger partial charge in [-0.2, -0.15) is 0 Å². The van der Waals surface area contributed by atoms with Gasteiger partial charge in [0.1, 0.15) is 0 Å². The molecule has 0 nitrogen and oxygen atoms in total. The van der Waals surface area contributed by atoms with Crippen LogP contribution in [0.25, 0.3) is 0 Å². The van der Waals surface area contributed by atoms with Crippen LogP contribution in [0.4, 0.5) is 0 Å². The molecular weight excluding hydrogens is 248 g/mol. The number of unbranched alkanes of at least 4 members (excludes halogenated alkanes) is 6. The Balaban J connectivity index is 3.06. The number of hydrogen-bond acceptors (Lipinski definition) is 0. The van der Waals surface area contributed by atoms with E-state index in [1.54, 1.807) is 0 Å². The molecule has 0 unspecified atom stereocenters. The maximum absolute atomic E-state index is 3.36. The number of allylic oxidation sites excluding steroid dienone is 4. The summed E-state index contributed by atoms with van der Waals surface area (Å²) in [7, 11) is 0. The molecule has 0 bridgehead atoms. The number of alkyl halides is 1. The molecule has 15 heavy (non-hydrogen) atoms. The minimum absolute atomic E-state index is 0.971. The predicted molar refractivity (Wildman–Crippen MR) is 74.7 cm³/mol. The van der Waals surface area contributed by atoms with E-state index in [1.165, 1.54) is 44.9 Å². The Morgan fingerprint density at radius 2 is 1.47 bits per heavy atom. The average molecular weight is 273 g/mol. The maximum atomic E-state index is 3.36. The Bertz CT molecular complexity index is 159. The lowest BCUT2D eigenvalue weighted by atomic mass is 10.1. The van der Waals surface area contributed by atoms with Gasteiger partial charge < -0.3 is 0 Å². The van der Waals surface area contributed by atoms with E-state index in [9.17, 15) is 0 Å². The molecule has 0 aliphatic heterocycles. The van der Waals surface area contributed by atoms with Crippen molar-refractivity contribution in [1.82, 2.24) is 0 Å². The van der Waals surface area contributed by atoms with Gasteiger partial charge in [-0.05, 0) is 19.3 Å². The van der Waals surface area contributed by atoms with E-state index in [0.29, 0.717) is 0 Å². The van der Waals surface area contributed by atoms with Crippen LogP contribution in [0.15, 0.2) is 24.3 Å². The molecule has 0 atom stereocenters. The third-order valence-corrected chi connectivity index (χ3v) is 2.79. The van der Waals surface area contributed by atoms with Crippen LogP contribution >= 0.6 is 15.9 Å². The standard InChI is InChI=1S/C14H25Br/c1-2-3-4-5-6-7-8-9-10-11-12-13-14-15/h9-10,12-13H,2-8,11,14H2,1H3. The molecule has 0 rings (SSSR count). The first-order chi connectivity index (χ1) is 7.41. The second-order valence-corrected chi connectivity index (χ2v) is 4.54. The lowest BCUT2D eigenvalue weighted by molar-refractivity contribution is 0.611. The molecule has 0 N–H and O–H groups in total. The predicted octanol–water partition coefficient (Wildman–Crippen LogP) is 5.63. The molecule has 88 valence electrons. The Morgan fingerprint density at radius 3 is 2.20 bits per heavy atom. The van der Waals surface area contributed by atoms with Crippen molar-refractivity contribution in [2.45, 2.75) is 58.3 Å². The number of hydrogen-bond donors (Lipinski definition) is 0. The van der Waals surface area contributed by atoms with E-state index in [1.807, 2.05) is 0 Å². The van der Waals surface area contributed by atoms with Crippen LogP contribution in [-0.2, 0) is 0 Å². The molecule has 0 fully saturated rings.